The van der Waals surface area contributed by atoms with Gasteiger partial charge in [0.2, 0.25) is 10.0 Å². The Labute approximate surface area is 74.0 Å². The summed E-state index contributed by atoms with van der Waals surface area (Å²) in [6, 6.07) is 0. The molecule has 12 heavy (non-hydrogen) atoms. The molecular weight excluding hydrogens is 176 g/mol. The highest BCUT2D eigenvalue weighted by Gasteiger charge is 2.38. The van der Waals surface area contributed by atoms with Crippen molar-refractivity contribution >= 4 is 10.0 Å². The minimum Gasteiger partial charge on any atom is -0.314 e. The fourth-order valence-electron chi connectivity index (χ4n) is 1.26. The predicted octanol–water partition coefficient (Wildman–Crippen LogP) is -0.370. The molecule has 0 aliphatic carbocycles. The molecule has 0 atom stereocenters. The molecule has 0 unspecified atom stereocenters. The quantitative estimate of drug-likeness (QED) is 0.569. The van der Waals surface area contributed by atoms with Gasteiger partial charge < -0.3 is 5.32 Å². The van der Waals surface area contributed by atoms with Crippen molar-refractivity contribution < 1.29 is 8.42 Å². The van der Waals surface area contributed by atoms with E-state index in [1.165, 1.54) is 4.31 Å². The Balaban J connectivity index is 3.03. The molecule has 0 aromatic heterocycles. The van der Waals surface area contributed by atoms with E-state index in [1.54, 1.807) is 20.9 Å². The average Bonchev–Trinajstić information content (AvgIpc) is 2.02. The van der Waals surface area contributed by atoms with Crippen LogP contribution in [0.25, 0.3) is 0 Å². The molecule has 0 aromatic rings. The van der Waals surface area contributed by atoms with Crippen molar-refractivity contribution in [2.24, 2.45) is 0 Å². The second kappa shape index (κ2) is 2.97. The Hall–Kier alpha value is -0.130. The van der Waals surface area contributed by atoms with Crippen molar-refractivity contribution in [2.75, 3.05) is 26.7 Å². The van der Waals surface area contributed by atoms with Gasteiger partial charge in [0.1, 0.15) is 0 Å². The molecule has 5 heteroatoms. The molecule has 1 fully saturated rings. The summed E-state index contributed by atoms with van der Waals surface area (Å²) in [6.07, 6.45) is 0. The van der Waals surface area contributed by atoms with Gasteiger partial charge in [0, 0.05) is 26.7 Å². The first-order chi connectivity index (χ1) is 5.38. The lowest BCUT2D eigenvalue weighted by atomic mass is 10.2. The number of nitrogens with zero attached hydrogens (tertiary/aromatic N) is 1. The monoisotopic (exact) mass is 192 g/mol. The van der Waals surface area contributed by atoms with Crippen LogP contribution < -0.4 is 5.32 Å². The summed E-state index contributed by atoms with van der Waals surface area (Å²) in [6.45, 7) is 5.32. The van der Waals surface area contributed by atoms with E-state index in [0.717, 1.165) is 6.54 Å². The molecule has 0 aromatic carbocycles. The lowest BCUT2D eigenvalue weighted by Gasteiger charge is -2.26. The Morgan fingerprint density at radius 3 is 2.58 bits per heavy atom. The second-order valence-corrected chi connectivity index (χ2v) is 6.44. The molecule has 1 aliphatic heterocycles. The molecule has 4 nitrogen and oxygen atoms in total. The molecular formula is C7H16N2O2S. The van der Waals surface area contributed by atoms with Crippen LogP contribution in [-0.4, -0.2) is 44.2 Å². The van der Waals surface area contributed by atoms with E-state index in [4.69, 9.17) is 0 Å². The summed E-state index contributed by atoms with van der Waals surface area (Å²) in [5.41, 5.74) is 0. The van der Waals surface area contributed by atoms with Gasteiger partial charge in [-0.3, -0.25) is 0 Å². The molecule has 0 radical (unpaired) electrons. The smallest absolute Gasteiger partial charge is 0.220 e. The Bertz CT molecular complexity index is 259. The summed E-state index contributed by atoms with van der Waals surface area (Å²) >= 11 is 0. The van der Waals surface area contributed by atoms with Crippen LogP contribution in [0.4, 0.5) is 0 Å². The van der Waals surface area contributed by atoms with E-state index in [0.29, 0.717) is 13.1 Å². The van der Waals surface area contributed by atoms with Crippen LogP contribution in [0.5, 0.6) is 0 Å². The number of hydrogen-bond donors (Lipinski definition) is 1. The van der Waals surface area contributed by atoms with Crippen LogP contribution >= 0.6 is 0 Å². The highest BCUT2D eigenvalue weighted by Crippen LogP contribution is 2.20. The molecule has 1 rings (SSSR count). The van der Waals surface area contributed by atoms with Gasteiger partial charge in [0.05, 0.1) is 4.75 Å². The van der Waals surface area contributed by atoms with Crippen LogP contribution in [-0.2, 0) is 10.0 Å². The maximum absolute atomic E-state index is 11.7. The summed E-state index contributed by atoms with van der Waals surface area (Å²) in [5, 5.41) is 3.10. The number of rotatable bonds is 0. The summed E-state index contributed by atoms with van der Waals surface area (Å²) < 4.78 is 24.2. The molecule has 0 spiro atoms. The number of likely N-dealkylation sites (N-methyl/N-ethyl adjacent to an activating group) is 1. The molecule has 1 saturated heterocycles. The highest BCUT2D eigenvalue weighted by molar-refractivity contribution is 7.90. The third-order valence-electron chi connectivity index (χ3n) is 2.26. The van der Waals surface area contributed by atoms with Crippen molar-refractivity contribution in [2.45, 2.75) is 18.6 Å². The molecule has 1 heterocycles. The Morgan fingerprint density at radius 2 is 2.00 bits per heavy atom. The number of sulfonamides is 1. The molecule has 0 amide bonds. The SMILES string of the molecule is CN1CCNCC(C)(C)S1(=O)=O. The van der Waals surface area contributed by atoms with E-state index in [2.05, 4.69) is 5.32 Å². The van der Waals surface area contributed by atoms with Crippen molar-refractivity contribution in [1.82, 2.24) is 9.62 Å². The van der Waals surface area contributed by atoms with Gasteiger partial charge >= 0.3 is 0 Å². The molecule has 0 saturated carbocycles. The topological polar surface area (TPSA) is 49.4 Å². The zero-order chi connectivity index (χ0) is 9.41. The minimum absolute atomic E-state index is 0.527. The zero-order valence-corrected chi connectivity index (χ0v) is 8.61. The largest absolute Gasteiger partial charge is 0.314 e. The maximum Gasteiger partial charge on any atom is 0.220 e. The predicted molar refractivity (Wildman–Crippen MR) is 48.5 cm³/mol. The fourth-order valence-corrected chi connectivity index (χ4v) is 2.72. The van der Waals surface area contributed by atoms with Gasteiger partial charge in [0.25, 0.3) is 0 Å². The van der Waals surface area contributed by atoms with Crippen molar-refractivity contribution in [3.63, 3.8) is 0 Å². The average molecular weight is 192 g/mol. The lowest BCUT2D eigenvalue weighted by molar-refractivity contribution is 0.465. The van der Waals surface area contributed by atoms with Crippen LogP contribution in [0.3, 0.4) is 0 Å². The normalized spacial score (nSPS) is 29.6. The third-order valence-corrected chi connectivity index (χ3v) is 4.81. The second-order valence-electron chi connectivity index (χ2n) is 3.76. The van der Waals surface area contributed by atoms with E-state index in [1.807, 2.05) is 0 Å². The van der Waals surface area contributed by atoms with E-state index in [-0.39, 0.29) is 0 Å². The number of hydrogen-bond acceptors (Lipinski definition) is 3. The summed E-state index contributed by atoms with van der Waals surface area (Å²) in [7, 11) is -1.48. The number of nitrogens with one attached hydrogen (secondary N) is 1. The van der Waals surface area contributed by atoms with Gasteiger partial charge in [-0.15, -0.1) is 0 Å². The maximum atomic E-state index is 11.7. The van der Waals surface area contributed by atoms with E-state index in [9.17, 15) is 8.42 Å². The minimum atomic E-state index is -3.11. The van der Waals surface area contributed by atoms with Gasteiger partial charge in [-0.25, -0.2) is 12.7 Å². The van der Waals surface area contributed by atoms with Crippen LogP contribution in [0.1, 0.15) is 13.8 Å². The van der Waals surface area contributed by atoms with Crippen molar-refractivity contribution in [3.8, 4) is 0 Å². The van der Waals surface area contributed by atoms with Gasteiger partial charge in [0.15, 0.2) is 0 Å². The first kappa shape index (κ1) is 9.95. The van der Waals surface area contributed by atoms with Gasteiger partial charge in [-0.2, -0.15) is 0 Å². The zero-order valence-electron chi connectivity index (χ0n) is 7.79. The molecule has 0 bridgehead atoms. The summed E-state index contributed by atoms with van der Waals surface area (Å²) in [5.74, 6) is 0. The Kier molecular flexibility index (Phi) is 2.47. The van der Waals surface area contributed by atoms with Gasteiger partial charge in [-0.1, -0.05) is 0 Å². The molecule has 1 aliphatic rings. The lowest BCUT2D eigenvalue weighted by Crippen LogP contribution is -2.44. The van der Waals surface area contributed by atoms with E-state index < -0.39 is 14.8 Å². The molecule has 72 valence electrons. The van der Waals surface area contributed by atoms with Crippen molar-refractivity contribution in [1.29, 1.82) is 0 Å². The molecule has 1 N–H and O–H groups in total. The fraction of sp³-hybridized carbons (Fsp3) is 1.00. The van der Waals surface area contributed by atoms with Crippen molar-refractivity contribution in [3.05, 3.63) is 0 Å². The highest BCUT2D eigenvalue weighted by atomic mass is 32.2. The van der Waals surface area contributed by atoms with Crippen LogP contribution in [0.2, 0.25) is 0 Å². The first-order valence-corrected chi connectivity index (χ1v) is 5.48. The van der Waals surface area contributed by atoms with E-state index >= 15 is 0 Å². The summed E-state index contributed by atoms with van der Waals surface area (Å²) in [4.78, 5) is 0. The standard InChI is InChI=1S/C7H16N2O2S/c1-7(2)6-8-4-5-9(3)12(7,10)11/h8H,4-6H2,1-3H3. The Morgan fingerprint density at radius 1 is 1.42 bits per heavy atom. The van der Waals surface area contributed by atoms with Crippen LogP contribution in [0.15, 0.2) is 0 Å². The first-order valence-electron chi connectivity index (χ1n) is 4.04. The van der Waals surface area contributed by atoms with Crippen LogP contribution in [0, 0.1) is 0 Å². The van der Waals surface area contributed by atoms with Gasteiger partial charge in [-0.05, 0) is 13.8 Å². The third kappa shape index (κ3) is 1.48.